The van der Waals surface area contributed by atoms with Crippen LogP contribution >= 0.6 is 11.6 Å². The first-order valence-electron chi connectivity index (χ1n) is 2.30. The molecule has 0 radical (unpaired) electrons. The molecule has 0 saturated heterocycles. The van der Waals surface area contributed by atoms with Crippen LogP contribution in [0.5, 0.6) is 0 Å². The lowest BCUT2D eigenvalue weighted by Gasteiger charge is -2.16. The van der Waals surface area contributed by atoms with Gasteiger partial charge in [0.25, 0.3) is 0 Å². The van der Waals surface area contributed by atoms with E-state index in [-0.39, 0.29) is 0 Å². The van der Waals surface area contributed by atoms with Crippen LogP contribution in [0.3, 0.4) is 0 Å². The first-order chi connectivity index (χ1) is 5.23. The molecule has 9 heteroatoms. The second-order valence-corrected chi connectivity index (χ2v) is 3.15. The Morgan fingerprint density at radius 1 is 1.58 bits per heavy atom. The van der Waals surface area contributed by atoms with Gasteiger partial charge in [-0.3, -0.25) is 0 Å². The van der Waals surface area contributed by atoms with Crippen molar-refractivity contribution in [3.8, 4) is 0 Å². The lowest BCUT2D eigenvalue weighted by atomic mass is 10.7. The van der Waals surface area contributed by atoms with Gasteiger partial charge in [0.1, 0.15) is 0 Å². The molecule has 0 bridgehead atoms. The number of alkyl halides is 3. The number of rotatable bonds is 3. The van der Waals surface area contributed by atoms with E-state index >= 15 is 0 Å². The molecule has 12 heavy (non-hydrogen) atoms. The van der Waals surface area contributed by atoms with Gasteiger partial charge in [0.2, 0.25) is 0 Å². The number of ether oxygens (including phenoxy) is 1. The zero-order valence-electron chi connectivity index (χ0n) is 5.29. The van der Waals surface area contributed by atoms with Crippen LogP contribution in [0.1, 0.15) is 0 Å². The molecule has 0 heterocycles. The molecule has 0 aliphatic rings. The normalized spacial score (nSPS) is 12.7. The summed E-state index contributed by atoms with van der Waals surface area (Å²) in [5, 5.41) is -5.08. The summed E-state index contributed by atoms with van der Waals surface area (Å²) < 4.78 is 56.7. The van der Waals surface area contributed by atoms with Crippen molar-refractivity contribution in [2.75, 3.05) is 6.07 Å². The number of carbonyl (C=O) groups is 1. The molecule has 0 aliphatic carbocycles. The Morgan fingerprint density at radius 2 is 2.00 bits per heavy atom. The van der Waals surface area contributed by atoms with E-state index in [0.29, 0.717) is 0 Å². The fourth-order valence-corrected chi connectivity index (χ4v) is 0.598. The summed E-state index contributed by atoms with van der Waals surface area (Å²) in [6.45, 7) is 0. The lowest BCUT2D eigenvalue weighted by molar-refractivity contribution is -0.159. The van der Waals surface area contributed by atoms with Crippen LogP contribution < -0.4 is 0 Å². The summed E-state index contributed by atoms with van der Waals surface area (Å²) in [6.07, 6.45) is 0. The van der Waals surface area contributed by atoms with Gasteiger partial charge in [0.15, 0.2) is 16.2 Å². The molecule has 5 nitrogen and oxygen atoms in total. The van der Waals surface area contributed by atoms with Crippen LogP contribution in [0.25, 0.3) is 0 Å². The quantitative estimate of drug-likeness (QED) is 0.378. The number of halogens is 3. The number of hydrogen-bond acceptors (Lipinski definition) is 5. The molecule has 0 rings (SSSR count). The maximum absolute atomic E-state index is 12.1. The highest BCUT2D eigenvalue weighted by Gasteiger charge is 2.48. The van der Waals surface area contributed by atoms with Crippen molar-refractivity contribution < 1.29 is 31.3 Å². The Labute approximate surface area is 71.0 Å². The number of carbonyl (C=O) groups excluding carboxylic acids is 1. The van der Waals surface area contributed by atoms with Gasteiger partial charge < -0.3 is 9.29 Å². The predicted molar refractivity (Wildman–Crippen MR) is 31.5 cm³/mol. The van der Waals surface area contributed by atoms with Crippen molar-refractivity contribution in [3.63, 3.8) is 0 Å². The maximum Gasteiger partial charge on any atom is 0.428 e. The Kier molecular flexibility index (Phi) is 3.36. The molecule has 72 valence electrons. The second kappa shape index (κ2) is 3.50. The van der Waals surface area contributed by atoms with Gasteiger partial charge in [-0.25, -0.2) is 13.2 Å². The molecular formula is C3H2ClF2O5S-. The Morgan fingerprint density at radius 3 is 2.25 bits per heavy atom. The van der Waals surface area contributed by atoms with Crippen molar-refractivity contribution in [1.29, 1.82) is 0 Å². The summed E-state index contributed by atoms with van der Waals surface area (Å²) in [5.41, 5.74) is 0. The molecule has 0 N–H and O–H groups in total. The third kappa shape index (κ3) is 2.26. The fraction of sp³-hybridized carbons (Fsp3) is 0.667. The standard InChI is InChI=1S/C3H3ClF2O5S/c4-1-11-2(7)3(5,6)12(8,9)10/h1H2,(H,8,9,10)/p-1. The molecule has 0 atom stereocenters. The summed E-state index contributed by atoms with van der Waals surface area (Å²) >= 11 is 4.68. The van der Waals surface area contributed by atoms with Gasteiger partial charge in [-0.2, -0.15) is 8.78 Å². The van der Waals surface area contributed by atoms with E-state index in [4.69, 9.17) is 0 Å². The zero-order chi connectivity index (χ0) is 9.99. The number of hydrogen-bond donors (Lipinski definition) is 0. The Balaban J connectivity index is 4.75. The SMILES string of the molecule is O=C(OCCl)C(F)(F)S(=O)(=O)[O-]. The maximum atomic E-state index is 12.1. The van der Waals surface area contributed by atoms with Crippen LogP contribution in [0.2, 0.25) is 0 Å². The molecular weight excluding hydrogens is 222 g/mol. The molecule has 0 aliphatic heterocycles. The highest BCUT2D eigenvalue weighted by atomic mass is 35.5. The van der Waals surface area contributed by atoms with Crippen molar-refractivity contribution >= 4 is 27.7 Å². The summed E-state index contributed by atoms with van der Waals surface area (Å²) in [7, 11) is -6.04. The van der Waals surface area contributed by atoms with Gasteiger partial charge in [-0.1, -0.05) is 11.6 Å². The van der Waals surface area contributed by atoms with Gasteiger partial charge in [-0.05, 0) is 0 Å². The molecule has 0 spiro atoms. The third-order valence-electron chi connectivity index (χ3n) is 0.737. The first-order valence-corrected chi connectivity index (χ1v) is 4.24. The van der Waals surface area contributed by atoms with E-state index in [0.717, 1.165) is 0 Å². The molecule has 0 saturated carbocycles. The summed E-state index contributed by atoms with van der Waals surface area (Å²) in [4.78, 5) is 10.1. The van der Waals surface area contributed by atoms with E-state index in [1.54, 1.807) is 0 Å². The highest BCUT2D eigenvalue weighted by molar-refractivity contribution is 7.87. The van der Waals surface area contributed by atoms with Gasteiger partial charge in [0.05, 0.1) is 0 Å². The van der Waals surface area contributed by atoms with E-state index in [1.165, 1.54) is 0 Å². The topological polar surface area (TPSA) is 83.5 Å². The average Bonchev–Trinajstić information content (AvgIpc) is 1.85. The lowest BCUT2D eigenvalue weighted by Crippen LogP contribution is -2.38. The smallest absolute Gasteiger partial charge is 0.428 e. The van der Waals surface area contributed by atoms with Crippen LogP contribution in [0.15, 0.2) is 0 Å². The van der Waals surface area contributed by atoms with Crippen LogP contribution in [-0.2, 0) is 19.6 Å². The minimum atomic E-state index is -6.04. The molecule has 0 aromatic heterocycles. The minimum Gasteiger partial charge on any atom is -0.743 e. The van der Waals surface area contributed by atoms with Gasteiger partial charge in [0, 0.05) is 0 Å². The van der Waals surface area contributed by atoms with E-state index < -0.39 is 27.4 Å². The minimum absolute atomic E-state index is 0.954. The molecule has 0 aromatic rings. The van der Waals surface area contributed by atoms with Crippen molar-refractivity contribution in [2.45, 2.75) is 5.25 Å². The summed E-state index contributed by atoms with van der Waals surface area (Å²) in [6, 6.07) is -0.954. The van der Waals surface area contributed by atoms with Gasteiger partial charge in [-0.15, -0.1) is 0 Å². The monoisotopic (exact) mass is 223 g/mol. The first kappa shape index (κ1) is 11.5. The predicted octanol–water partition coefficient (Wildman–Crippen LogP) is -0.136. The van der Waals surface area contributed by atoms with Crippen molar-refractivity contribution in [2.24, 2.45) is 0 Å². The average molecular weight is 224 g/mol. The Hall–Kier alpha value is -0.470. The second-order valence-electron chi connectivity index (χ2n) is 1.51. The van der Waals surface area contributed by atoms with Crippen LogP contribution in [-0.4, -0.2) is 30.3 Å². The molecule has 0 fully saturated rings. The zero-order valence-corrected chi connectivity index (χ0v) is 6.86. The number of esters is 1. The summed E-state index contributed by atoms with van der Waals surface area (Å²) in [5.74, 6) is -2.48. The molecule has 0 unspecified atom stereocenters. The largest absolute Gasteiger partial charge is 0.743 e. The van der Waals surface area contributed by atoms with Crippen molar-refractivity contribution in [3.05, 3.63) is 0 Å². The Bertz CT molecular complexity index is 272. The molecule has 0 aromatic carbocycles. The van der Waals surface area contributed by atoms with Crippen molar-refractivity contribution in [1.82, 2.24) is 0 Å². The van der Waals surface area contributed by atoms with E-state index in [2.05, 4.69) is 16.3 Å². The van der Waals surface area contributed by atoms with Crippen LogP contribution in [0, 0.1) is 0 Å². The van der Waals surface area contributed by atoms with E-state index in [1.807, 2.05) is 0 Å². The van der Waals surface area contributed by atoms with Gasteiger partial charge >= 0.3 is 11.2 Å². The third-order valence-corrected chi connectivity index (χ3v) is 1.64. The van der Waals surface area contributed by atoms with E-state index in [9.17, 15) is 26.5 Å². The highest BCUT2D eigenvalue weighted by Crippen LogP contribution is 2.21. The fourth-order valence-electron chi connectivity index (χ4n) is 0.236. The van der Waals surface area contributed by atoms with Crippen LogP contribution in [0.4, 0.5) is 8.78 Å². The molecule has 0 amide bonds.